The number of hydrogen-bond acceptors (Lipinski definition) is 3. The van der Waals surface area contributed by atoms with Crippen molar-refractivity contribution in [2.75, 3.05) is 19.6 Å². The molecule has 4 nitrogen and oxygen atoms in total. The molecule has 0 aromatic heterocycles. The van der Waals surface area contributed by atoms with E-state index in [1.165, 1.54) is 19.3 Å². The fourth-order valence-corrected chi connectivity index (χ4v) is 3.80. The summed E-state index contributed by atoms with van der Waals surface area (Å²) in [5.41, 5.74) is 0. The van der Waals surface area contributed by atoms with E-state index < -0.39 is 10.0 Å². The fourth-order valence-electron chi connectivity index (χ4n) is 2.42. The lowest BCUT2D eigenvalue weighted by molar-refractivity contribution is 0.175. The van der Waals surface area contributed by atoms with Gasteiger partial charge < -0.3 is 0 Å². The molecule has 1 atom stereocenters. The molecule has 112 valence electrons. The first-order valence-electron chi connectivity index (χ1n) is 6.98. The molecule has 0 radical (unpaired) electrons. The molecule has 1 saturated heterocycles. The minimum absolute atomic E-state index is 0.237. The van der Waals surface area contributed by atoms with Gasteiger partial charge in [-0.3, -0.25) is 4.90 Å². The predicted molar refractivity (Wildman–Crippen MR) is 84.2 cm³/mol. The van der Waals surface area contributed by atoms with E-state index in [0.29, 0.717) is 11.4 Å². The van der Waals surface area contributed by atoms with E-state index in [1.807, 2.05) is 0 Å². The number of hydrogen-bond donors (Lipinski definition) is 1. The lowest BCUT2D eigenvalue weighted by Crippen LogP contribution is -2.44. The van der Waals surface area contributed by atoms with Gasteiger partial charge in [-0.15, -0.1) is 0 Å². The minimum atomic E-state index is -3.41. The molecule has 20 heavy (non-hydrogen) atoms. The Morgan fingerprint density at radius 3 is 2.40 bits per heavy atom. The van der Waals surface area contributed by atoms with E-state index >= 15 is 0 Å². The lowest BCUT2D eigenvalue weighted by atomic mass is 10.1. The minimum Gasteiger partial charge on any atom is -0.299 e. The highest BCUT2D eigenvalue weighted by atomic mass is 79.9. The third kappa shape index (κ3) is 4.28. The average molecular weight is 361 g/mol. The van der Waals surface area contributed by atoms with Crippen LogP contribution in [0.2, 0.25) is 0 Å². The largest absolute Gasteiger partial charge is 0.299 e. The van der Waals surface area contributed by atoms with Crippen molar-refractivity contribution in [1.29, 1.82) is 0 Å². The average Bonchev–Trinajstić information content (AvgIpc) is 2.46. The van der Waals surface area contributed by atoms with Crippen LogP contribution in [0.4, 0.5) is 0 Å². The molecular weight excluding hydrogens is 340 g/mol. The summed E-state index contributed by atoms with van der Waals surface area (Å²) in [6.07, 6.45) is 3.71. The first kappa shape index (κ1) is 15.9. The lowest BCUT2D eigenvalue weighted by Gasteiger charge is -2.32. The van der Waals surface area contributed by atoms with Gasteiger partial charge in [0.2, 0.25) is 10.0 Å². The molecule has 1 unspecified atom stereocenters. The molecule has 1 N–H and O–H groups in total. The predicted octanol–water partition coefficient (Wildman–Crippen LogP) is 2.60. The molecule has 1 aromatic rings. The van der Waals surface area contributed by atoms with Crippen LogP contribution in [0.25, 0.3) is 0 Å². The van der Waals surface area contributed by atoms with Crippen LogP contribution in [-0.2, 0) is 10.0 Å². The van der Waals surface area contributed by atoms with Gasteiger partial charge >= 0.3 is 0 Å². The van der Waals surface area contributed by atoms with Crippen LogP contribution in [0.1, 0.15) is 26.2 Å². The Labute approximate surface area is 129 Å². The molecule has 1 fully saturated rings. The molecule has 0 saturated carbocycles. The second-order valence-corrected chi connectivity index (χ2v) is 7.93. The Morgan fingerprint density at radius 2 is 1.80 bits per heavy atom. The van der Waals surface area contributed by atoms with Gasteiger partial charge in [0.05, 0.1) is 4.90 Å². The van der Waals surface area contributed by atoms with Gasteiger partial charge in [-0.05, 0) is 57.1 Å². The Kier molecular flexibility index (Phi) is 5.60. The summed E-state index contributed by atoms with van der Waals surface area (Å²) in [5.74, 6) is 0. The second kappa shape index (κ2) is 7.02. The molecule has 2 rings (SSSR count). The maximum absolute atomic E-state index is 12.2. The number of nitrogens with zero attached hydrogens (tertiary/aromatic N) is 1. The molecule has 0 aliphatic carbocycles. The van der Waals surface area contributed by atoms with Crippen LogP contribution >= 0.6 is 15.9 Å². The number of likely N-dealkylation sites (tertiary alicyclic amines) is 1. The molecule has 0 amide bonds. The zero-order chi connectivity index (χ0) is 14.6. The van der Waals surface area contributed by atoms with Crippen LogP contribution < -0.4 is 4.72 Å². The summed E-state index contributed by atoms with van der Waals surface area (Å²) in [6.45, 7) is 4.68. The molecule has 1 aliphatic rings. The molecule has 0 spiro atoms. The number of piperidine rings is 1. The van der Waals surface area contributed by atoms with Gasteiger partial charge in [0.1, 0.15) is 0 Å². The Bertz CT molecular complexity index is 525. The third-order valence-electron chi connectivity index (χ3n) is 3.71. The number of benzene rings is 1. The quantitative estimate of drug-likeness (QED) is 0.877. The SMILES string of the molecule is CC(CNS(=O)(=O)c1ccc(Br)cc1)N1CCCCC1. The van der Waals surface area contributed by atoms with E-state index in [1.54, 1.807) is 24.3 Å². The van der Waals surface area contributed by atoms with Gasteiger partial charge in [-0.25, -0.2) is 13.1 Å². The monoisotopic (exact) mass is 360 g/mol. The molecule has 6 heteroatoms. The van der Waals surface area contributed by atoms with Gasteiger partial charge in [0.15, 0.2) is 0 Å². The van der Waals surface area contributed by atoms with Crippen molar-refractivity contribution in [3.05, 3.63) is 28.7 Å². The van der Waals surface area contributed by atoms with Crippen LogP contribution in [-0.4, -0.2) is 39.0 Å². The highest BCUT2D eigenvalue weighted by molar-refractivity contribution is 9.10. The van der Waals surface area contributed by atoms with E-state index in [4.69, 9.17) is 0 Å². The second-order valence-electron chi connectivity index (χ2n) is 5.25. The highest BCUT2D eigenvalue weighted by Crippen LogP contribution is 2.15. The Morgan fingerprint density at radius 1 is 1.20 bits per heavy atom. The van der Waals surface area contributed by atoms with Gasteiger partial charge in [-0.1, -0.05) is 22.4 Å². The molecule has 1 aliphatic heterocycles. The maximum atomic E-state index is 12.2. The maximum Gasteiger partial charge on any atom is 0.240 e. The first-order chi connectivity index (χ1) is 9.49. The van der Waals surface area contributed by atoms with Crippen LogP contribution in [0.5, 0.6) is 0 Å². The van der Waals surface area contributed by atoms with Crippen molar-refractivity contribution in [2.45, 2.75) is 37.1 Å². The topological polar surface area (TPSA) is 49.4 Å². The van der Waals surface area contributed by atoms with E-state index in [0.717, 1.165) is 17.6 Å². The molecular formula is C14H21BrN2O2S. The summed E-state index contributed by atoms with van der Waals surface area (Å²) >= 11 is 3.30. The van der Waals surface area contributed by atoms with Crippen molar-refractivity contribution in [2.24, 2.45) is 0 Å². The van der Waals surface area contributed by atoms with Crippen LogP contribution in [0.15, 0.2) is 33.6 Å². The molecule has 1 heterocycles. The number of sulfonamides is 1. The van der Waals surface area contributed by atoms with Gasteiger partial charge in [0.25, 0.3) is 0 Å². The summed E-state index contributed by atoms with van der Waals surface area (Å²) in [6, 6.07) is 6.93. The van der Waals surface area contributed by atoms with E-state index in [-0.39, 0.29) is 6.04 Å². The van der Waals surface area contributed by atoms with Gasteiger partial charge in [-0.2, -0.15) is 0 Å². The Balaban J connectivity index is 1.93. The molecule has 0 bridgehead atoms. The smallest absolute Gasteiger partial charge is 0.240 e. The number of nitrogens with one attached hydrogen (secondary N) is 1. The zero-order valence-corrected chi connectivity index (χ0v) is 14.1. The normalized spacial score (nSPS) is 18.9. The molecule has 1 aromatic carbocycles. The Hall–Kier alpha value is -0.430. The first-order valence-corrected chi connectivity index (χ1v) is 9.26. The number of halogens is 1. The van der Waals surface area contributed by atoms with Crippen molar-refractivity contribution in [3.8, 4) is 0 Å². The van der Waals surface area contributed by atoms with Crippen LogP contribution in [0.3, 0.4) is 0 Å². The number of rotatable bonds is 5. The summed E-state index contributed by atoms with van der Waals surface area (Å²) in [5, 5.41) is 0. The summed E-state index contributed by atoms with van der Waals surface area (Å²) in [4.78, 5) is 2.67. The van der Waals surface area contributed by atoms with Crippen molar-refractivity contribution in [1.82, 2.24) is 9.62 Å². The summed E-state index contributed by atoms with van der Waals surface area (Å²) in [7, 11) is -3.41. The fraction of sp³-hybridized carbons (Fsp3) is 0.571. The van der Waals surface area contributed by atoms with Crippen molar-refractivity contribution >= 4 is 26.0 Å². The standard InChI is InChI=1S/C14H21BrN2O2S/c1-12(17-9-3-2-4-10-17)11-16-20(18,19)14-7-5-13(15)6-8-14/h5-8,12,16H,2-4,9-11H2,1H3. The van der Waals surface area contributed by atoms with Gasteiger partial charge in [0, 0.05) is 17.1 Å². The van der Waals surface area contributed by atoms with Crippen molar-refractivity contribution < 1.29 is 8.42 Å². The zero-order valence-electron chi connectivity index (χ0n) is 11.7. The van der Waals surface area contributed by atoms with E-state index in [9.17, 15) is 8.42 Å². The highest BCUT2D eigenvalue weighted by Gasteiger charge is 2.20. The third-order valence-corrected chi connectivity index (χ3v) is 5.67. The van der Waals surface area contributed by atoms with E-state index in [2.05, 4.69) is 32.5 Å². The van der Waals surface area contributed by atoms with Crippen LogP contribution in [0, 0.1) is 0 Å². The summed E-state index contributed by atoms with van der Waals surface area (Å²) < 4.78 is 28.0. The van der Waals surface area contributed by atoms with Crippen molar-refractivity contribution in [3.63, 3.8) is 0 Å².